The molecule has 30 heavy (non-hydrogen) atoms. The molecule has 7 heteroatoms. The lowest BCUT2D eigenvalue weighted by atomic mass is 10.2. The molecule has 0 aliphatic rings. The Labute approximate surface area is 174 Å². The summed E-state index contributed by atoms with van der Waals surface area (Å²) in [6.07, 6.45) is 1.79. The predicted octanol–water partition coefficient (Wildman–Crippen LogP) is 4.40. The van der Waals surface area contributed by atoms with E-state index >= 15 is 0 Å². The van der Waals surface area contributed by atoms with Crippen LogP contribution >= 0.6 is 0 Å². The molecule has 0 saturated carbocycles. The summed E-state index contributed by atoms with van der Waals surface area (Å²) >= 11 is 0. The number of benzene rings is 2. The van der Waals surface area contributed by atoms with Crippen LogP contribution in [-0.2, 0) is 20.7 Å². The van der Waals surface area contributed by atoms with Crippen molar-refractivity contribution >= 4 is 17.6 Å². The van der Waals surface area contributed by atoms with Gasteiger partial charge in [-0.2, -0.15) is 0 Å². The number of esters is 1. The molecule has 0 N–H and O–H groups in total. The van der Waals surface area contributed by atoms with E-state index in [1.165, 1.54) is 18.3 Å². The zero-order chi connectivity index (χ0) is 21.5. The lowest BCUT2D eigenvalue weighted by Crippen LogP contribution is -2.39. The molecule has 0 unspecified atom stereocenters. The third-order valence-corrected chi connectivity index (χ3v) is 4.40. The van der Waals surface area contributed by atoms with E-state index in [0.717, 1.165) is 5.69 Å². The average Bonchev–Trinajstić information content (AvgIpc) is 3.21. The molecule has 1 aromatic heterocycles. The highest BCUT2D eigenvalue weighted by molar-refractivity contribution is 5.95. The second kappa shape index (κ2) is 9.82. The molecule has 6 nitrogen and oxygen atoms in total. The quantitative estimate of drug-likeness (QED) is 0.515. The van der Waals surface area contributed by atoms with Crippen molar-refractivity contribution in [3.8, 4) is 11.3 Å². The van der Waals surface area contributed by atoms with Crippen LogP contribution < -0.4 is 4.90 Å². The fraction of sp³-hybridized carbons (Fsp3) is 0.261. The van der Waals surface area contributed by atoms with Gasteiger partial charge in [-0.1, -0.05) is 18.2 Å². The number of nitrogens with zero attached hydrogens (tertiary/aromatic N) is 2. The molecule has 0 radical (unpaired) electrons. The number of ether oxygens (including phenoxy) is 1. The van der Waals surface area contributed by atoms with E-state index in [2.05, 4.69) is 4.98 Å². The summed E-state index contributed by atoms with van der Waals surface area (Å²) in [6, 6.07) is 15.0. The number of amides is 1. The molecule has 1 amide bonds. The van der Waals surface area contributed by atoms with Gasteiger partial charge in [-0.05, 0) is 50.2 Å². The molecule has 0 atom stereocenters. The summed E-state index contributed by atoms with van der Waals surface area (Å²) in [4.78, 5) is 30.3. The van der Waals surface area contributed by atoms with Crippen LogP contribution in [0.15, 0.2) is 65.2 Å². The van der Waals surface area contributed by atoms with E-state index in [9.17, 15) is 14.0 Å². The van der Waals surface area contributed by atoms with E-state index in [1.807, 2.05) is 44.2 Å². The summed E-state index contributed by atoms with van der Waals surface area (Å²) in [7, 11) is 0. The van der Waals surface area contributed by atoms with Gasteiger partial charge >= 0.3 is 5.97 Å². The van der Waals surface area contributed by atoms with Gasteiger partial charge in [0.15, 0.2) is 18.3 Å². The lowest BCUT2D eigenvalue weighted by molar-refractivity contribution is -0.148. The molecule has 2 aromatic carbocycles. The van der Waals surface area contributed by atoms with Gasteiger partial charge in [0.2, 0.25) is 0 Å². The number of hydrogen-bond donors (Lipinski definition) is 0. The molecule has 3 rings (SSSR count). The number of aryl methyl sites for hydroxylation is 1. The van der Waals surface area contributed by atoms with Crippen molar-refractivity contribution in [2.75, 3.05) is 11.5 Å². The van der Waals surface area contributed by atoms with Crippen LogP contribution in [0.5, 0.6) is 0 Å². The number of rotatable bonds is 8. The number of para-hydroxylation sites is 1. The van der Waals surface area contributed by atoms with Crippen molar-refractivity contribution in [1.82, 2.24) is 4.98 Å². The standard InChI is InChI=1S/C23H23FN2O4/c1-16(2)26(19-6-4-3-5-7-19)22(27)15-29-23(28)13-12-21-25-14-20(30-21)17-8-10-18(24)11-9-17/h3-11,14,16H,12-13,15H2,1-2H3. The minimum atomic E-state index is -0.512. The Bertz CT molecular complexity index is 984. The van der Waals surface area contributed by atoms with E-state index < -0.39 is 5.97 Å². The molecule has 0 spiro atoms. The molecule has 3 aromatic rings. The van der Waals surface area contributed by atoms with Gasteiger partial charge in [-0.3, -0.25) is 9.59 Å². The molecule has 0 saturated heterocycles. The first-order valence-corrected chi connectivity index (χ1v) is 9.67. The van der Waals surface area contributed by atoms with E-state index in [0.29, 0.717) is 17.2 Å². The average molecular weight is 410 g/mol. The van der Waals surface area contributed by atoms with Gasteiger partial charge in [0.1, 0.15) is 5.82 Å². The highest BCUT2D eigenvalue weighted by atomic mass is 19.1. The third-order valence-electron chi connectivity index (χ3n) is 4.40. The summed E-state index contributed by atoms with van der Waals surface area (Å²) in [5.74, 6) is -0.283. The van der Waals surface area contributed by atoms with Gasteiger partial charge in [-0.15, -0.1) is 0 Å². The Morgan fingerprint density at radius 3 is 2.47 bits per heavy atom. The Morgan fingerprint density at radius 2 is 1.80 bits per heavy atom. The Kier molecular flexibility index (Phi) is 6.95. The molecule has 0 bridgehead atoms. The largest absolute Gasteiger partial charge is 0.456 e. The normalized spacial score (nSPS) is 10.8. The van der Waals surface area contributed by atoms with E-state index in [1.54, 1.807) is 17.0 Å². The monoisotopic (exact) mass is 410 g/mol. The van der Waals surface area contributed by atoms with Crippen LogP contribution in [0.25, 0.3) is 11.3 Å². The van der Waals surface area contributed by atoms with Crippen molar-refractivity contribution in [3.05, 3.63) is 72.5 Å². The van der Waals surface area contributed by atoms with Crippen LogP contribution in [-0.4, -0.2) is 29.5 Å². The number of anilines is 1. The van der Waals surface area contributed by atoms with Gasteiger partial charge in [0.05, 0.1) is 12.6 Å². The number of halogens is 1. The van der Waals surface area contributed by atoms with E-state index in [4.69, 9.17) is 9.15 Å². The Balaban J connectivity index is 1.50. The molecular formula is C23H23FN2O4. The maximum atomic E-state index is 13.0. The summed E-state index contributed by atoms with van der Waals surface area (Å²) in [5, 5.41) is 0. The van der Waals surface area contributed by atoms with Gasteiger partial charge in [0.25, 0.3) is 5.91 Å². The molecule has 0 aliphatic heterocycles. The Morgan fingerprint density at radius 1 is 1.10 bits per heavy atom. The minimum Gasteiger partial charge on any atom is -0.456 e. The van der Waals surface area contributed by atoms with Crippen LogP contribution in [0.4, 0.5) is 10.1 Å². The maximum absolute atomic E-state index is 13.0. The number of carbonyl (C=O) groups excluding carboxylic acids is 2. The summed E-state index contributed by atoms with van der Waals surface area (Å²) in [6.45, 7) is 3.46. The van der Waals surface area contributed by atoms with Crippen LogP contribution in [0, 0.1) is 5.82 Å². The van der Waals surface area contributed by atoms with Gasteiger partial charge < -0.3 is 14.1 Å². The predicted molar refractivity (Wildman–Crippen MR) is 110 cm³/mol. The zero-order valence-corrected chi connectivity index (χ0v) is 16.9. The molecule has 1 heterocycles. The third kappa shape index (κ3) is 5.53. The van der Waals surface area contributed by atoms with Crippen molar-refractivity contribution in [2.24, 2.45) is 0 Å². The maximum Gasteiger partial charge on any atom is 0.306 e. The number of carbonyl (C=O) groups is 2. The topological polar surface area (TPSA) is 72.6 Å². The smallest absolute Gasteiger partial charge is 0.306 e. The summed E-state index contributed by atoms with van der Waals surface area (Å²) < 4.78 is 23.8. The van der Waals surface area contributed by atoms with Crippen molar-refractivity contribution < 1.29 is 23.1 Å². The number of aromatic nitrogens is 1. The fourth-order valence-electron chi connectivity index (χ4n) is 2.99. The number of oxazole rings is 1. The Hall–Kier alpha value is -3.48. The SMILES string of the molecule is CC(C)N(C(=O)COC(=O)CCc1ncc(-c2ccc(F)cc2)o1)c1ccccc1. The second-order valence-electron chi connectivity index (χ2n) is 6.98. The van der Waals surface area contributed by atoms with Gasteiger partial charge in [-0.25, -0.2) is 9.37 Å². The van der Waals surface area contributed by atoms with Crippen LogP contribution in [0.2, 0.25) is 0 Å². The first-order valence-electron chi connectivity index (χ1n) is 9.67. The molecule has 0 aliphatic carbocycles. The second-order valence-corrected chi connectivity index (χ2v) is 6.98. The van der Waals surface area contributed by atoms with Crippen LogP contribution in [0.3, 0.4) is 0 Å². The van der Waals surface area contributed by atoms with Crippen LogP contribution in [0.1, 0.15) is 26.2 Å². The van der Waals surface area contributed by atoms with Crippen molar-refractivity contribution in [3.63, 3.8) is 0 Å². The molecule has 0 fully saturated rings. The molecular weight excluding hydrogens is 387 g/mol. The van der Waals surface area contributed by atoms with Gasteiger partial charge in [0, 0.05) is 23.7 Å². The zero-order valence-electron chi connectivity index (χ0n) is 16.9. The van der Waals surface area contributed by atoms with E-state index in [-0.39, 0.29) is 37.2 Å². The summed E-state index contributed by atoms with van der Waals surface area (Å²) in [5.41, 5.74) is 1.44. The highest BCUT2D eigenvalue weighted by Crippen LogP contribution is 2.21. The van der Waals surface area contributed by atoms with Crippen molar-refractivity contribution in [1.29, 1.82) is 0 Å². The minimum absolute atomic E-state index is 0.0314. The van der Waals surface area contributed by atoms with Crippen molar-refractivity contribution in [2.45, 2.75) is 32.7 Å². The first-order chi connectivity index (χ1) is 14.4. The molecule has 156 valence electrons. The highest BCUT2D eigenvalue weighted by Gasteiger charge is 2.20. The first kappa shape index (κ1) is 21.2. The number of hydrogen-bond acceptors (Lipinski definition) is 5. The fourth-order valence-corrected chi connectivity index (χ4v) is 2.99. The lowest BCUT2D eigenvalue weighted by Gasteiger charge is -2.26.